The fraction of sp³-hybridized carbons (Fsp3) is 0. The summed E-state index contributed by atoms with van der Waals surface area (Å²) in [6, 6.07) is 17.5. The molecule has 0 aromatic heterocycles. The molecule has 0 fully saturated rings. The Morgan fingerprint density at radius 2 is 1.36 bits per heavy atom. The molecule has 112 valence electrons. The molecule has 0 amide bonds. The number of fused-ring (bicyclic) bond motifs is 1. The van der Waals surface area contributed by atoms with Crippen molar-refractivity contribution in [2.75, 3.05) is 4.72 Å². The molecule has 0 aliphatic rings. The second-order valence-electron chi connectivity index (χ2n) is 4.68. The van der Waals surface area contributed by atoms with Gasteiger partial charge in [0.25, 0.3) is 10.0 Å². The zero-order valence-electron chi connectivity index (χ0n) is 11.3. The van der Waals surface area contributed by atoms with Gasteiger partial charge in [-0.1, -0.05) is 65.7 Å². The number of hydrogen-bond acceptors (Lipinski definition) is 2. The van der Waals surface area contributed by atoms with Crippen LogP contribution in [-0.2, 0) is 10.0 Å². The molecule has 0 spiro atoms. The van der Waals surface area contributed by atoms with Gasteiger partial charge in [0.05, 0.1) is 15.7 Å². The van der Waals surface area contributed by atoms with Gasteiger partial charge in [-0.3, -0.25) is 4.72 Å². The number of hydrogen-bond donors (Lipinski definition) is 1. The SMILES string of the molecule is O=S(=O)(Nc1cccc2ccccc12)c1c(Cl)cccc1Cl. The van der Waals surface area contributed by atoms with Gasteiger partial charge in [0.1, 0.15) is 4.90 Å². The molecule has 0 radical (unpaired) electrons. The van der Waals surface area contributed by atoms with Crippen LogP contribution in [-0.4, -0.2) is 8.42 Å². The first-order valence-corrected chi connectivity index (χ1v) is 8.67. The van der Waals surface area contributed by atoms with E-state index >= 15 is 0 Å². The van der Waals surface area contributed by atoms with Gasteiger partial charge in [0, 0.05) is 5.39 Å². The van der Waals surface area contributed by atoms with E-state index in [1.54, 1.807) is 18.2 Å². The molecule has 0 saturated carbocycles. The second kappa shape index (κ2) is 5.80. The third-order valence-corrected chi connectivity index (χ3v) is 5.54. The molecule has 0 heterocycles. The highest BCUT2D eigenvalue weighted by Gasteiger charge is 2.22. The average molecular weight is 352 g/mol. The van der Waals surface area contributed by atoms with E-state index in [2.05, 4.69) is 4.72 Å². The highest BCUT2D eigenvalue weighted by molar-refractivity contribution is 7.93. The van der Waals surface area contributed by atoms with Crippen molar-refractivity contribution in [2.24, 2.45) is 0 Å². The minimum atomic E-state index is -3.88. The molecule has 0 unspecified atom stereocenters. The molecule has 0 bridgehead atoms. The number of anilines is 1. The van der Waals surface area contributed by atoms with Crippen LogP contribution in [0, 0.1) is 0 Å². The van der Waals surface area contributed by atoms with Gasteiger partial charge in [0.2, 0.25) is 0 Å². The van der Waals surface area contributed by atoms with Gasteiger partial charge in [-0.2, -0.15) is 0 Å². The molecule has 0 saturated heterocycles. The van der Waals surface area contributed by atoms with Gasteiger partial charge >= 0.3 is 0 Å². The van der Waals surface area contributed by atoms with Crippen molar-refractivity contribution in [2.45, 2.75) is 4.90 Å². The number of halogens is 2. The molecule has 3 aromatic carbocycles. The van der Waals surface area contributed by atoms with Gasteiger partial charge in [-0.15, -0.1) is 0 Å². The van der Waals surface area contributed by atoms with Crippen LogP contribution in [0.3, 0.4) is 0 Å². The molecule has 3 nitrogen and oxygen atoms in total. The molecule has 22 heavy (non-hydrogen) atoms. The van der Waals surface area contributed by atoms with Gasteiger partial charge in [-0.05, 0) is 23.6 Å². The summed E-state index contributed by atoms with van der Waals surface area (Å²) in [5.74, 6) is 0. The maximum atomic E-state index is 12.6. The molecule has 0 aliphatic carbocycles. The maximum Gasteiger partial charge on any atom is 0.264 e. The summed E-state index contributed by atoms with van der Waals surface area (Å²) in [7, 11) is -3.88. The molecule has 3 aromatic rings. The minimum Gasteiger partial charge on any atom is -0.279 e. The summed E-state index contributed by atoms with van der Waals surface area (Å²) < 4.78 is 27.8. The third-order valence-electron chi connectivity index (χ3n) is 3.22. The molecular formula is C16H11Cl2NO2S. The molecule has 0 aliphatic heterocycles. The fourth-order valence-corrected chi connectivity index (χ4v) is 4.48. The van der Waals surface area contributed by atoms with Crippen LogP contribution >= 0.6 is 23.2 Å². The lowest BCUT2D eigenvalue weighted by molar-refractivity contribution is 0.601. The number of benzene rings is 3. The minimum absolute atomic E-state index is 0.0836. The van der Waals surface area contributed by atoms with Gasteiger partial charge in [-0.25, -0.2) is 8.42 Å². The van der Waals surface area contributed by atoms with Crippen molar-refractivity contribution in [1.82, 2.24) is 0 Å². The molecular weight excluding hydrogens is 341 g/mol. The third kappa shape index (κ3) is 2.77. The summed E-state index contributed by atoms with van der Waals surface area (Å²) in [5.41, 5.74) is 0.481. The summed E-state index contributed by atoms with van der Waals surface area (Å²) in [4.78, 5) is -0.119. The predicted molar refractivity (Wildman–Crippen MR) is 91.2 cm³/mol. The van der Waals surface area contributed by atoms with E-state index in [1.807, 2.05) is 30.3 Å². The lowest BCUT2D eigenvalue weighted by atomic mass is 10.1. The lowest BCUT2D eigenvalue weighted by Gasteiger charge is -2.12. The van der Waals surface area contributed by atoms with Crippen molar-refractivity contribution >= 4 is 49.7 Å². The van der Waals surface area contributed by atoms with E-state index in [0.29, 0.717) is 5.69 Å². The highest BCUT2D eigenvalue weighted by atomic mass is 35.5. The molecule has 3 rings (SSSR count). The number of rotatable bonds is 3. The largest absolute Gasteiger partial charge is 0.279 e. The first-order chi connectivity index (χ1) is 10.5. The van der Waals surface area contributed by atoms with Crippen LogP contribution in [0.4, 0.5) is 5.69 Å². The van der Waals surface area contributed by atoms with E-state index in [1.165, 1.54) is 12.1 Å². The highest BCUT2D eigenvalue weighted by Crippen LogP contribution is 2.32. The Morgan fingerprint density at radius 3 is 2.09 bits per heavy atom. The van der Waals surface area contributed by atoms with Crippen LogP contribution in [0.25, 0.3) is 10.8 Å². The maximum absolute atomic E-state index is 12.6. The summed E-state index contributed by atoms with van der Waals surface area (Å²) in [5, 5.41) is 1.91. The smallest absolute Gasteiger partial charge is 0.264 e. The monoisotopic (exact) mass is 351 g/mol. The summed E-state index contributed by atoms with van der Waals surface area (Å²) in [6.45, 7) is 0. The Morgan fingerprint density at radius 1 is 0.773 bits per heavy atom. The standard InChI is InChI=1S/C16H11Cl2NO2S/c17-13-8-4-9-14(18)16(13)22(20,21)19-15-10-3-6-11-5-1-2-7-12(11)15/h1-10,19H. The Bertz CT molecular complexity index is 930. The van der Waals surface area contributed by atoms with Crippen LogP contribution in [0.2, 0.25) is 10.0 Å². The van der Waals surface area contributed by atoms with Gasteiger partial charge in [0.15, 0.2) is 0 Å². The Hall–Kier alpha value is -1.75. The fourth-order valence-electron chi connectivity index (χ4n) is 2.25. The number of nitrogens with one attached hydrogen (secondary N) is 1. The number of sulfonamides is 1. The second-order valence-corrected chi connectivity index (χ2v) is 7.12. The summed E-state index contributed by atoms with van der Waals surface area (Å²) in [6.07, 6.45) is 0. The van der Waals surface area contributed by atoms with Crippen molar-refractivity contribution in [1.29, 1.82) is 0 Å². The van der Waals surface area contributed by atoms with Crippen LogP contribution in [0.15, 0.2) is 65.6 Å². The summed E-state index contributed by atoms with van der Waals surface area (Å²) >= 11 is 12.0. The molecule has 0 atom stereocenters. The molecule has 6 heteroatoms. The van der Waals surface area contributed by atoms with E-state index < -0.39 is 10.0 Å². The molecule has 1 N–H and O–H groups in total. The Balaban J connectivity index is 2.12. The normalized spacial score (nSPS) is 11.5. The van der Waals surface area contributed by atoms with Crippen molar-refractivity contribution in [3.8, 4) is 0 Å². The quantitative estimate of drug-likeness (QED) is 0.725. The first kappa shape index (κ1) is 15.2. The lowest BCUT2D eigenvalue weighted by Crippen LogP contribution is -2.14. The average Bonchev–Trinajstić information content (AvgIpc) is 2.47. The van der Waals surface area contributed by atoms with E-state index in [9.17, 15) is 8.42 Å². The first-order valence-electron chi connectivity index (χ1n) is 6.43. The van der Waals surface area contributed by atoms with Crippen molar-refractivity contribution < 1.29 is 8.42 Å². The topological polar surface area (TPSA) is 46.2 Å². The van der Waals surface area contributed by atoms with Gasteiger partial charge < -0.3 is 0 Å². The zero-order chi connectivity index (χ0) is 15.7. The van der Waals surface area contributed by atoms with Crippen LogP contribution in [0.1, 0.15) is 0 Å². The van der Waals surface area contributed by atoms with Crippen molar-refractivity contribution in [3.63, 3.8) is 0 Å². The van der Waals surface area contributed by atoms with E-state index in [0.717, 1.165) is 10.8 Å². The predicted octanol–water partition coefficient (Wildman–Crippen LogP) is 4.95. The van der Waals surface area contributed by atoms with Crippen LogP contribution in [0.5, 0.6) is 0 Å². The van der Waals surface area contributed by atoms with Crippen LogP contribution < -0.4 is 4.72 Å². The van der Waals surface area contributed by atoms with Crippen molar-refractivity contribution in [3.05, 3.63) is 70.7 Å². The Labute approximate surface area is 138 Å². The zero-order valence-corrected chi connectivity index (χ0v) is 13.6. The van der Waals surface area contributed by atoms with E-state index in [4.69, 9.17) is 23.2 Å². The Kier molecular flexibility index (Phi) is 4.00. The van der Waals surface area contributed by atoms with E-state index in [-0.39, 0.29) is 14.9 Å².